The number of hydrogen-bond donors (Lipinski definition) is 0. The predicted octanol–water partition coefficient (Wildman–Crippen LogP) is 8.16. The van der Waals surface area contributed by atoms with Crippen LogP contribution in [0.2, 0.25) is 0 Å². The van der Waals surface area contributed by atoms with Crippen molar-refractivity contribution in [3.8, 4) is 11.3 Å². The first-order valence-electron chi connectivity index (χ1n) is 16.9. The molecule has 0 bridgehead atoms. The number of imidazole rings is 1. The average Bonchev–Trinajstić information content (AvgIpc) is 3.50. The first-order valence-corrected chi connectivity index (χ1v) is 16.9. The lowest BCUT2D eigenvalue weighted by Crippen LogP contribution is -2.66. The molecule has 0 aliphatic heterocycles. The lowest BCUT2D eigenvalue weighted by Gasteiger charge is -2.69. The molecular weight excluding hydrogens is 572 g/mol. The Morgan fingerprint density at radius 1 is 0.978 bits per heavy atom. The van der Waals surface area contributed by atoms with Crippen molar-refractivity contribution in [1.29, 1.82) is 0 Å². The molecule has 7 nitrogen and oxygen atoms in total. The van der Waals surface area contributed by atoms with Crippen LogP contribution in [0.5, 0.6) is 0 Å². The molecule has 2 aromatic heterocycles. The third-order valence-corrected chi connectivity index (χ3v) is 14.1. The number of pyridine rings is 1. The van der Waals surface area contributed by atoms with E-state index in [1.165, 1.54) is 0 Å². The zero-order valence-corrected chi connectivity index (χ0v) is 28.3. The Morgan fingerprint density at radius 3 is 2.37 bits per heavy atom. The smallest absolute Gasteiger partial charge is 0.238 e. The number of carbonyl (C=O) groups is 3. The molecule has 2 heterocycles. The van der Waals surface area contributed by atoms with Crippen molar-refractivity contribution < 1.29 is 14.4 Å². The second kappa shape index (κ2) is 9.69. The number of rotatable bonds is 2. The molecule has 46 heavy (non-hydrogen) atoms. The van der Waals surface area contributed by atoms with Crippen molar-refractivity contribution >= 4 is 17.5 Å². The minimum Gasteiger partial charge on any atom is -0.307 e. The molecule has 0 saturated heterocycles. The predicted molar refractivity (Wildman–Crippen MR) is 176 cm³/mol. The van der Waals surface area contributed by atoms with Gasteiger partial charge in [-0.3, -0.25) is 19.1 Å². The molecule has 7 heteroatoms. The van der Waals surface area contributed by atoms with E-state index in [1.807, 2.05) is 44.3 Å². The van der Waals surface area contributed by atoms with Gasteiger partial charge >= 0.3 is 0 Å². The van der Waals surface area contributed by atoms with E-state index in [2.05, 4.69) is 49.4 Å². The minimum absolute atomic E-state index is 0.0129. The van der Waals surface area contributed by atoms with Gasteiger partial charge in [0.05, 0.1) is 17.7 Å². The third-order valence-electron chi connectivity index (χ3n) is 14.1. The molecule has 3 fully saturated rings. The van der Waals surface area contributed by atoms with Crippen LogP contribution in [0.1, 0.15) is 98.2 Å². The van der Waals surface area contributed by atoms with Gasteiger partial charge in [-0.2, -0.15) is 0 Å². The van der Waals surface area contributed by atoms with Crippen molar-refractivity contribution in [3.63, 3.8) is 0 Å². The summed E-state index contributed by atoms with van der Waals surface area (Å²) < 4.78 is 1.68. The highest BCUT2D eigenvalue weighted by molar-refractivity contribution is 6.03. The standard InChI is InChI=1S/C39H46N4O3/c1-34(2)13-15-39(33(46)43-22-27(42-23-43)24-10-17-41-18-11-24)16-14-38(7)31(25(39)20-34)28(44)19-30-36(5)21-26(40-8)32(45)35(3,4)29(36)9-12-37(30,38)6/h10-11,17-19,21-23,25,29,31H,9,12-16,20H2,1-7H3. The van der Waals surface area contributed by atoms with Crippen LogP contribution in [0, 0.1) is 56.8 Å². The van der Waals surface area contributed by atoms with Crippen LogP contribution in [0.4, 0.5) is 0 Å². The van der Waals surface area contributed by atoms with E-state index < -0.39 is 16.2 Å². The quantitative estimate of drug-likeness (QED) is 0.317. The number of ketones is 2. The Labute approximate surface area is 272 Å². The second-order valence-corrected chi connectivity index (χ2v) is 17.1. The fraction of sp³-hybridized carbons (Fsp3) is 0.590. The summed E-state index contributed by atoms with van der Waals surface area (Å²) in [6, 6.07) is 3.79. The first-order chi connectivity index (χ1) is 21.5. The molecule has 0 N–H and O–H groups in total. The average molecular weight is 619 g/mol. The molecule has 0 amide bonds. The maximum atomic E-state index is 14.8. The normalized spacial score (nSPS) is 39.0. The second-order valence-electron chi connectivity index (χ2n) is 17.1. The Hall–Kier alpha value is -3.66. The summed E-state index contributed by atoms with van der Waals surface area (Å²) in [7, 11) is 0. The summed E-state index contributed by atoms with van der Waals surface area (Å²) in [4.78, 5) is 55.4. The van der Waals surface area contributed by atoms with Gasteiger partial charge in [-0.15, -0.1) is 0 Å². The van der Waals surface area contributed by atoms with Gasteiger partial charge < -0.3 is 4.79 Å². The molecule has 0 spiro atoms. The number of hydrogen-bond acceptors (Lipinski definition) is 5. The van der Waals surface area contributed by atoms with Gasteiger partial charge in [0.2, 0.25) is 11.6 Å². The first kappa shape index (κ1) is 31.0. The minimum atomic E-state index is -0.687. The van der Waals surface area contributed by atoms with Crippen molar-refractivity contribution in [2.24, 2.45) is 50.2 Å². The van der Waals surface area contributed by atoms with Crippen molar-refractivity contribution in [2.75, 3.05) is 0 Å². The molecule has 5 aliphatic carbocycles. The Morgan fingerprint density at radius 2 is 1.67 bits per heavy atom. The SMILES string of the molecule is [C-]#[N+]C1=CC2(C)C3=CC(=O)C4C5CC(C)(C)CCC5(C(=O)n5cnc(-c6ccncc6)c5)CCC4(C)C3(C)CCC2C(C)(C)C1=O. The largest absolute Gasteiger partial charge is 0.307 e. The highest BCUT2D eigenvalue weighted by Crippen LogP contribution is 2.74. The van der Waals surface area contributed by atoms with Gasteiger partial charge in [0.15, 0.2) is 11.6 Å². The zero-order valence-electron chi connectivity index (χ0n) is 28.3. The molecule has 7 atom stereocenters. The van der Waals surface area contributed by atoms with Gasteiger partial charge in [0.25, 0.3) is 0 Å². The fourth-order valence-electron chi connectivity index (χ4n) is 11.3. The Bertz CT molecular complexity index is 1770. The summed E-state index contributed by atoms with van der Waals surface area (Å²) in [6.07, 6.45) is 16.5. The number of fused-ring (bicyclic) bond motifs is 7. The number of aromatic nitrogens is 3. The summed E-state index contributed by atoms with van der Waals surface area (Å²) in [5, 5.41) is 0. The van der Waals surface area contributed by atoms with Gasteiger partial charge in [-0.05, 0) is 91.2 Å². The van der Waals surface area contributed by atoms with E-state index in [9.17, 15) is 14.4 Å². The van der Waals surface area contributed by atoms with E-state index in [-0.39, 0.29) is 57.2 Å². The van der Waals surface area contributed by atoms with Crippen LogP contribution in [0.15, 0.2) is 60.5 Å². The van der Waals surface area contributed by atoms with E-state index in [0.29, 0.717) is 0 Å². The fourth-order valence-corrected chi connectivity index (χ4v) is 11.3. The lowest BCUT2D eigenvalue weighted by molar-refractivity contribution is -0.164. The highest BCUT2D eigenvalue weighted by atomic mass is 16.2. The maximum Gasteiger partial charge on any atom is 0.238 e. The van der Waals surface area contributed by atoms with E-state index in [1.54, 1.807) is 23.3 Å². The third kappa shape index (κ3) is 3.91. The van der Waals surface area contributed by atoms with E-state index in [0.717, 1.165) is 61.8 Å². The highest BCUT2D eigenvalue weighted by Gasteiger charge is 2.70. The number of nitrogens with zero attached hydrogens (tertiary/aromatic N) is 4. The summed E-state index contributed by atoms with van der Waals surface area (Å²) in [6.45, 7) is 23.2. The molecule has 7 rings (SSSR count). The molecule has 3 saturated carbocycles. The van der Waals surface area contributed by atoms with Crippen molar-refractivity contribution in [1.82, 2.24) is 14.5 Å². The maximum absolute atomic E-state index is 14.8. The van der Waals surface area contributed by atoms with Crippen LogP contribution < -0.4 is 0 Å². The Kier molecular flexibility index (Phi) is 6.52. The summed E-state index contributed by atoms with van der Waals surface area (Å²) in [5.41, 5.74) is 0.380. The van der Waals surface area contributed by atoms with Gasteiger partial charge in [0, 0.05) is 40.9 Å². The van der Waals surface area contributed by atoms with Crippen LogP contribution in [0.25, 0.3) is 16.1 Å². The summed E-state index contributed by atoms with van der Waals surface area (Å²) >= 11 is 0. The monoisotopic (exact) mass is 618 g/mol. The van der Waals surface area contributed by atoms with Crippen LogP contribution in [-0.4, -0.2) is 32.0 Å². The number of allylic oxidation sites excluding steroid dienone is 4. The van der Waals surface area contributed by atoms with Crippen LogP contribution in [-0.2, 0) is 9.59 Å². The van der Waals surface area contributed by atoms with E-state index in [4.69, 9.17) is 6.57 Å². The van der Waals surface area contributed by atoms with Crippen LogP contribution in [0.3, 0.4) is 0 Å². The molecule has 0 radical (unpaired) electrons. The van der Waals surface area contributed by atoms with Crippen LogP contribution >= 0.6 is 0 Å². The molecular formula is C39H46N4O3. The topological polar surface area (TPSA) is 86.3 Å². The van der Waals surface area contributed by atoms with Gasteiger partial charge in [-0.25, -0.2) is 9.83 Å². The molecule has 0 aromatic carbocycles. The van der Waals surface area contributed by atoms with Crippen molar-refractivity contribution in [3.05, 3.63) is 71.9 Å². The zero-order chi connectivity index (χ0) is 33.1. The van der Waals surface area contributed by atoms with Gasteiger partial charge in [-0.1, -0.05) is 60.1 Å². The molecule has 240 valence electrons. The van der Waals surface area contributed by atoms with E-state index >= 15 is 0 Å². The molecule has 5 aliphatic rings. The summed E-state index contributed by atoms with van der Waals surface area (Å²) in [5.74, 6) is -0.281. The lowest BCUT2D eigenvalue weighted by atomic mass is 9.34. The Balaban J connectivity index is 1.34. The number of Topliss-reactive ketones (excluding diaryl/α,β-unsaturated/α-hetero) is 1. The van der Waals surface area contributed by atoms with Gasteiger partial charge in [0.1, 0.15) is 6.33 Å². The number of carbonyl (C=O) groups excluding carboxylic acids is 3. The molecule has 7 unspecified atom stereocenters. The molecule has 2 aromatic rings. The van der Waals surface area contributed by atoms with Crippen molar-refractivity contribution in [2.45, 2.75) is 93.4 Å².